The van der Waals surface area contributed by atoms with E-state index in [4.69, 9.17) is 9.47 Å². The average molecular weight is 254 g/mol. The first-order valence-corrected chi connectivity index (χ1v) is 6.57. The zero-order valence-electron chi connectivity index (χ0n) is 11.2. The van der Waals surface area contributed by atoms with Crippen molar-refractivity contribution in [2.45, 2.75) is 46.1 Å². The Hall–Kier alpha value is -1.52. The van der Waals surface area contributed by atoms with Crippen LogP contribution in [0.15, 0.2) is 12.4 Å². The monoisotopic (exact) mass is 254 g/mol. The summed E-state index contributed by atoms with van der Waals surface area (Å²) in [6.45, 7) is 5.83. The summed E-state index contributed by atoms with van der Waals surface area (Å²) in [6.07, 6.45) is 6.89. The Balaban J connectivity index is 2.00. The van der Waals surface area contributed by atoms with Gasteiger partial charge in [-0.1, -0.05) is 0 Å². The molecule has 102 valence electrons. The van der Waals surface area contributed by atoms with Crippen LogP contribution in [0.2, 0.25) is 0 Å². The number of aromatic nitrogens is 2. The zero-order valence-corrected chi connectivity index (χ0v) is 11.2. The van der Waals surface area contributed by atoms with Crippen LogP contribution in [-0.4, -0.2) is 29.0 Å². The second-order valence-corrected chi connectivity index (χ2v) is 4.00. The van der Waals surface area contributed by atoms with Crippen molar-refractivity contribution in [2.75, 3.05) is 13.2 Å². The quantitative estimate of drug-likeness (QED) is 0.501. The van der Waals surface area contributed by atoms with Gasteiger partial charge in [-0.15, -0.1) is 0 Å². The van der Waals surface area contributed by atoms with E-state index >= 15 is 0 Å². The first-order valence-electron chi connectivity index (χ1n) is 6.57. The molecule has 0 spiro atoms. The van der Waals surface area contributed by atoms with E-state index in [-0.39, 0.29) is 5.97 Å². The Morgan fingerprint density at radius 3 is 2.83 bits per heavy atom. The third-order valence-electron chi connectivity index (χ3n) is 2.53. The predicted octanol–water partition coefficient (Wildman–Crippen LogP) is 2.41. The van der Waals surface area contributed by atoms with Crippen molar-refractivity contribution >= 4 is 5.97 Å². The second kappa shape index (κ2) is 8.55. The van der Waals surface area contributed by atoms with Crippen molar-refractivity contribution in [2.24, 2.45) is 0 Å². The summed E-state index contributed by atoms with van der Waals surface area (Å²) in [7, 11) is 0. The summed E-state index contributed by atoms with van der Waals surface area (Å²) in [5.74, 6) is 0.699. The lowest BCUT2D eigenvalue weighted by atomic mass is 10.2. The van der Waals surface area contributed by atoms with Gasteiger partial charge in [0.15, 0.2) is 5.75 Å². The highest BCUT2D eigenvalue weighted by atomic mass is 16.5. The fourth-order valence-corrected chi connectivity index (χ4v) is 1.56. The normalized spacial score (nSPS) is 10.3. The van der Waals surface area contributed by atoms with Crippen molar-refractivity contribution < 1.29 is 14.3 Å². The van der Waals surface area contributed by atoms with Crippen LogP contribution in [0, 0.1) is 0 Å². The largest absolute Gasteiger partial charge is 0.490 e. The maximum absolute atomic E-state index is 11.1. The summed E-state index contributed by atoms with van der Waals surface area (Å²) in [4.78, 5) is 11.1. The number of ether oxygens (including phenoxy) is 2. The van der Waals surface area contributed by atoms with Crippen LogP contribution < -0.4 is 4.74 Å². The van der Waals surface area contributed by atoms with Gasteiger partial charge in [0.25, 0.3) is 0 Å². The molecule has 5 nitrogen and oxygen atoms in total. The molecule has 18 heavy (non-hydrogen) atoms. The van der Waals surface area contributed by atoms with Gasteiger partial charge in [0.05, 0.1) is 25.6 Å². The minimum atomic E-state index is -0.109. The molecule has 0 fully saturated rings. The number of unbranched alkanes of at least 4 members (excludes halogenated alkanes) is 2. The van der Waals surface area contributed by atoms with E-state index in [1.165, 1.54) is 0 Å². The number of carbonyl (C=O) groups is 1. The molecule has 0 atom stereocenters. The van der Waals surface area contributed by atoms with Crippen LogP contribution in [0.25, 0.3) is 0 Å². The number of hydrogen-bond donors (Lipinski definition) is 0. The summed E-state index contributed by atoms with van der Waals surface area (Å²) >= 11 is 0. The minimum Gasteiger partial charge on any atom is -0.490 e. The topological polar surface area (TPSA) is 53.4 Å². The second-order valence-electron chi connectivity index (χ2n) is 4.00. The maximum atomic E-state index is 11.1. The Morgan fingerprint density at radius 1 is 1.33 bits per heavy atom. The molecule has 1 rings (SSSR count). The van der Waals surface area contributed by atoms with E-state index in [1.807, 2.05) is 24.7 Å². The van der Waals surface area contributed by atoms with Gasteiger partial charge in [-0.25, -0.2) is 0 Å². The van der Waals surface area contributed by atoms with Crippen molar-refractivity contribution in [3.63, 3.8) is 0 Å². The van der Waals surface area contributed by atoms with Gasteiger partial charge in [0, 0.05) is 13.0 Å². The van der Waals surface area contributed by atoms with E-state index < -0.39 is 0 Å². The van der Waals surface area contributed by atoms with Crippen molar-refractivity contribution in [1.82, 2.24) is 9.78 Å². The van der Waals surface area contributed by atoms with Gasteiger partial charge >= 0.3 is 5.97 Å². The van der Waals surface area contributed by atoms with Gasteiger partial charge < -0.3 is 9.47 Å². The Kier molecular flexibility index (Phi) is 6.91. The van der Waals surface area contributed by atoms with E-state index in [0.29, 0.717) is 19.6 Å². The van der Waals surface area contributed by atoms with Crippen LogP contribution in [-0.2, 0) is 16.1 Å². The van der Waals surface area contributed by atoms with E-state index in [0.717, 1.165) is 31.6 Å². The SMILES string of the molecule is CCOC(=O)CCCCCOc1cnn(CC)c1. The standard InChI is InChI=1S/C13H22N2O3/c1-3-15-11-12(10-14-15)18-9-7-5-6-8-13(16)17-4-2/h10-11H,3-9H2,1-2H3. The molecular formula is C13H22N2O3. The minimum absolute atomic E-state index is 0.109. The van der Waals surface area contributed by atoms with Gasteiger partial charge in [0.2, 0.25) is 0 Å². The molecule has 0 N–H and O–H groups in total. The number of carbonyl (C=O) groups excluding carboxylic acids is 1. The third-order valence-corrected chi connectivity index (χ3v) is 2.53. The van der Waals surface area contributed by atoms with Gasteiger partial charge in [-0.3, -0.25) is 9.48 Å². The van der Waals surface area contributed by atoms with Gasteiger partial charge in [0.1, 0.15) is 0 Å². The summed E-state index contributed by atoms with van der Waals surface area (Å²) in [5.41, 5.74) is 0. The predicted molar refractivity (Wildman–Crippen MR) is 68.5 cm³/mol. The third kappa shape index (κ3) is 5.70. The molecule has 0 aliphatic carbocycles. The molecule has 0 aromatic carbocycles. The van der Waals surface area contributed by atoms with Crippen LogP contribution in [0.1, 0.15) is 39.5 Å². The number of rotatable bonds is 9. The molecule has 0 saturated carbocycles. The Bertz CT molecular complexity index is 350. The van der Waals surface area contributed by atoms with Crippen LogP contribution >= 0.6 is 0 Å². The van der Waals surface area contributed by atoms with Gasteiger partial charge in [-0.2, -0.15) is 5.10 Å². The Morgan fingerprint density at radius 2 is 2.17 bits per heavy atom. The number of hydrogen-bond acceptors (Lipinski definition) is 4. The molecule has 0 aliphatic heterocycles. The van der Waals surface area contributed by atoms with Crippen molar-refractivity contribution in [3.05, 3.63) is 12.4 Å². The lowest BCUT2D eigenvalue weighted by Crippen LogP contribution is -2.04. The van der Waals surface area contributed by atoms with E-state index in [2.05, 4.69) is 5.10 Å². The number of nitrogens with zero attached hydrogens (tertiary/aromatic N) is 2. The molecule has 0 amide bonds. The molecule has 0 bridgehead atoms. The fraction of sp³-hybridized carbons (Fsp3) is 0.692. The highest BCUT2D eigenvalue weighted by Crippen LogP contribution is 2.09. The highest BCUT2D eigenvalue weighted by Gasteiger charge is 2.01. The molecule has 1 heterocycles. The lowest BCUT2D eigenvalue weighted by Gasteiger charge is -2.03. The summed E-state index contributed by atoms with van der Waals surface area (Å²) in [6, 6.07) is 0. The molecule has 0 aliphatic rings. The molecule has 0 radical (unpaired) electrons. The average Bonchev–Trinajstić information content (AvgIpc) is 2.82. The lowest BCUT2D eigenvalue weighted by molar-refractivity contribution is -0.143. The maximum Gasteiger partial charge on any atom is 0.305 e. The number of aryl methyl sites for hydroxylation is 1. The molecule has 0 unspecified atom stereocenters. The summed E-state index contributed by atoms with van der Waals surface area (Å²) < 4.78 is 12.2. The molecule has 5 heteroatoms. The van der Waals surface area contributed by atoms with Crippen molar-refractivity contribution in [3.8, 4) is 5.75 Å². The molecule has 1 aromatic heterocycles. The molecule has 0 saturated heterocycles. The highest BCUT2D eigenvalue weighted by molar-refractivity contribution is 5.69. The zero-order chi connectivity index (χ0) is 13.2. The van der Waals surface area contributed by atoms with Crippen LogP contribution in [0.5, 0.6) is 5.75 Å². The molecular weight excluding hydrogens is 232 g/mol. The first-order chi connectivity index (χ1) is 8.76. The number of esters is 1. The Labute approximate surface area is 108 Å². The van der Waals surface area contributed by atoms with E-state index in [1.54, 1.807) is 6.20 Å². The fourth-order valence-electron chi connectivity index (χ4n) is 1.56. The van der Waals surface area contributed by atoms with Crippen molar-refractivity contribution in [1.29, 1.82) is 0 Å². The first kappa shape index (κ1) is 14.5. The van der Waals surface area contributed by atoms with Gasteiger partial charge in [-0.05, 0) is 33.1 Å². The smallest absolute Gasteiger partial charge is 0.305 e. The van der Waals surface area contributed by atoms with Crippen LogP contribution in [0.4, 0.5) is 0 Å². The van der Waals surface area contributed by atoms with Crippen LogP contribution in [0.3, 0.4) is 0 Å². The molecule has 1 aromatic rings. The summed E-state index contributed by atoms with van der Waals surface area (Å²) in [5, 5.41) is 4.12. The van der Waals surface area contributed by atoms with E-state index in [9.17, 15) is 4.79 Å².